The molecule has 2 amide bonds. The third kappa shape index (κ3) is 6.04. The van der Waals surface area contributed by atoms with E-state index in [1.807, 2.05) is 30.5 Å². The number of thiazole rings is 1. The smallest absolute Gasteiger partial charge is 0.325 e. The van der Waals surface area contributed by atoms with E-state index >= 15 is 0 Å². The summed E-state index contributed by atoms with van der Waals surface area (Å²) < 4.78 is 12.7. The van der Waals surface area contributed by atoms with Crippen molar-refractivity contribution in [3.63, 3.8) is 0 Å². The second-order valence-electron chi connectivity index (χ2n) is 7.81. The third-order valence-corrected chi connectivity index (χ3v) is 6.63. The molecule has 1 unspecified atom stereocenters. The number of aromatic nitrogens is 2. The normalized spacial score (nSPS) is 15.6. The lowest BCUT2D eigenvalue weighted by atomic mass is 10.2. The molecular weight excluding hydrogens is 464 g/mol. The van der Waals surface area contributed by atoms with Gasteiger partial charge in [-0.05, 0) is 31.9 Å². The van der Waals surface area contributed by atoms with Crippen LogP contribution in [-0.2, 0) is 20.7 Å². The molecule has 1 aliphatic heterocycles. The van der Waals surface area contributed by atoms with Crippen LogP contribution in [0, 0.1) is 0 Å². The topological polar surface area (TPSA) is 85.2 Å². The Bertz CT molecular complexity index is 1090. The number of nitrogens with one attached hydrogen (secondary N) is 1. The lowest BCUT2D eigenvalue weighted by molar-refractivity contribution is -0.141. The number of urea groups is 1. The summed E-state index contributed by atoms with van der Waals surface area (Å²) in [5.74, 6) is -0.449. The average molecular weight is 491 g/mol. The number of carbonyl (C=O) groups excluding carboxylic acids is 2. The van der Waals surface area contributed by atoms with Gasteiger partial charge in [0.05, 0.1) is 18.4 Å². The highest BCUT2D eigenvalue weighted by atomic mass is 35.5. The number of amides is 2. The standard InChI is InChI=1S/C23H27ClN4O4S/c1-2-31-21(29)12-25-22(30)27(13-19-4-3-11-32-19)10-9-18-15-33-23-26-20(14-28(18)23)16-5-7-17(24)8-6-16/h5-8,14-15,19H,2-4,9-13H2,1H3,(H,25,30). The van der Waals surface area contributed by atoms with Crippen LogP contribution in [0.25, 0.3) is 16.2 Å². The van der Waals surface area contributed by atoms with Gasteiger partial charge in [0.2, 0.25) is 0 Å². The van der Waals surface area contributed by atoms with Crippen LogP contribution in [0.3, 0.4) is 0 Å². The maximum atomic E-state index is 12.8. The van der Waals surface area contributed by atoms with Gasteiger partial charge in [0.15, 0.2) is 4.96 Å². The predicted octanol–water partition coefficient (Wildman–Crippen LogP) is 4.01. The second-order valence-corrected chi connectivity index (χ2v) is 9.08. The van der Waals surface area contributed by atoms with E-state index < -0.39 is 5.97 Å². The van der Waals surface area contributed by atoms with Crippen molar-refractivity contribution < 1.29 is 19.1 Å². The van der Waals surface area contributed by atoms with Gasteiger partial charge in [-0.15, -0.1) is 11.3 Å². The van der Waals surface area contributed by atoms with Crippen molar-refractivity contribution >= 4 is 39.9 Å². The number of rotatable bonds is 9. The van der Waals surface area contributed by atoms with E-state index in [4.69, 9.17) is 26.1 Å². The zero-order valence-corrected chi connectivity index (χ0v) is 20.0. The molecule has 8 nitrogen and oxygen atoms in total. The van der Waals surface area contributed by atoms with Gasteiger partial charge in [-0.25, -0.2) is 9.78 Å². The number of fused-ring (bicyclic) bond motifs is 1. The van der Waals surface area contributed by atoms with E-state index in [2.05, 4.69) is 15.1 Å². The number of carbonyl (C=O) groups is 2. The minimum absolute atomic E-state index is 0.0191. The second kappa shape index (κ2) is 11.0. The van der Waals surface area contributed by atoms with Gasteiger partial charge in [-0.2, -0.15) is 0 Å². The number of halogens is 1. The predicted molar refractivity (Wildman–Crippen MR) is 128 cm³/mol. The Morgan fingerprint density at radius 1 is 1.36 bits per heavy atom. The Kier molecular flexibility index (Phi) is 7.85. The molecule has 1 aromatic carbocycles. The molecule has 1 aliphatic rings. The number of nitrogens with zero attached hydrogens (tertiary/aromatic N) is 3. The molecule has 0 radical (unpaired) electrons. The SMILES string of the molecule is CCOC(=O)CNC(=O)N(CCc1csc2nc(-c3ccc(Cl)cc3)cn12)CC1CCCO1. The zero-order valence-electron chi connectivity index (χ0n) is 18.5. The van der Waals surface area contributed by atoms with Crippen LogP contribution in [0.15, 0.2) is 35.8 Å². The van der Waals surface area contributed by atoms with Gasteiger partial charge in [0.25, 0.3) is 0 Å². The quantitative estimate of drug-likeness (QED) is 0.458. The molecule has 1 atom stereocenters. The summed E-state index contributed by atoms with van der Waals surface area (Å²) in [4.78, 5) is 31.8. The first-order valence-corrected chi connectivity index (χ1v) is 12.3. The highest BCUT2D eigenvalue weighted by Gasteiger charge is 2.23. The molecule has 10 heteroatoms. The molecule has 0 saturated carbocycles. The summed E-state index contributed by atoms with van der Waals surface area (Å²) in [6.07, 6.45) is 4.60. The van der Waals surface area contributed by atoms with Crippen LogP contribution >= 0.6 is 22.9 Å². The van der Waals surface area contributed by atoms with Gasteiger partial charge in [0, 0.05) is 54.0 Å². The first-order chi connectivity index (χ1) is 16.0. The number of hydrogen-bond acceptors (Lipinski definition) is 6. The molecule has 3 heterocycles. The van der Waals surface area contributed by atoms with E-state index in [9.17, 15) is 9.59 Å². The van der Waals surface area contributed by atoms with E-state index in [1.165, 1.54) is 0 Å². The molecule has 0 spiro atoms. The van der Waals surface area contributed by atoms with Gasteiger partial charge in [-0.3, -0.25) is 9.20 Å². The molecule has 1 fully saturated rings. The fourth-order valence-corrected chi connectivity index (χ4v) is 4.83. The molecule has 1 N–H and O–H groups in total. The van der Waals surface area contributed by atoms with Crippen LogP contribution in [0.1, 0.15) is 25.5 Å². The highest BCUT2D eigenvalue weighted by molar-refractivity contribution is 7.15. The van der Waals surface area contributed by atoms with E-state index in [-0.39, 0.29) is 25.3 Å². The molecule has 1 saturated heterocycles. The minimum atomic E-state index is -0.449. The molecule has 0 aliphatic carbocycles. The van der Waals surface area contributed by atoms with Crippen LogP contribution < -0.4 is 5.32 Å². The van der Waals surface area contributed by atoms with Crippen molar-refractivity contribution in [1.82, 2.24) is 19.6 Å². The van der Waals surface area contributed by atoms with Crippen LogP contribution in [-0.4, -0.2) is 65.2 Å². The summed E-state index contributed by atoms with van der Waals surface area (Å²) in [7, 11) is 0. The van der Waals surface area contributed by atoms with Crippen LogP contribution in [0.4, 0.5) is 4.79 Å². The van der Waals surface area contributed by atoms with Crippen molar-refractivity contribution in [2.24, 2.45) is 0 Å². The van der Waals surface area contributed by atoms with Crippen molar-refractivity contribution in [2.75, 3.05) is 32.8 Å². The van der Waals surface area contributed by atoms with Crippen molar-refractivity contribution in [3.05, 3.63) is 46.6 Å². The Labute approximate surface area is 201 Å². The molecule has 4 rings (SSSR count). The Morgan fingerprint density at radius 3 is 2.91 bits per heavy atom. The van der Waals surface area contributed by atoms with Crippen molar-refractivity contribution in [1.29, 1.82) is 0 Å². The Morgan fingerprint density at radius 2 is 2.18 bits per heavy atom. The first-order valence-electron chi connectivity index (χ1n) is 11.0. The van der Waals surface area contributed by atoms with E-state index in [0.29, 0.717) is 24.5 Å². The third-order valence-electron chi connectivity index (χ3n) is 5.49. The lowest BCUT2D eigenvalue weighted by Gasteiger charge is -2.25. The number of hydrogen-bond donors (Lipinski definition) is 1. The molecular formula is C23H27ClN4O4S. The molecule has 176 valence electrons. The van der Waals surface area contributed by atoms with E-state index in [1.54, 1.807) is 23.2 Å². The maximum Gasteiger partial charge on any atom is 0.325 e. The molecule has 33 heavy (non-hydrogen) atoms. The van der Waals surface area contributed by atoms with Gasteiger partial charge >= 0.3 is 12.0 Å². The largest absolute Gasteiger partial charge is 0.465 e. The molecule has 0 bridgehead atoms. The van der Waals surface area contributed by atoms with Gasteiger partial charge in [0.1, 0.15) is 6.54 Å². The average Bonchev–Trinajstić information content (AvgIpc) is 3.54. The first kappa shape index (κ1) is 23.5. The molecule has 2 aromatic heterocycles. The van der Waals surface area contributed by atoms with Gasteiger partial charge in [-0.1, -0.05) is 23.7 Å². The minimum Gasteiger partial charge on any atom is -0.465 e. The summed E-state index contributed by atoms with van der Waals surface area (Å²) in [5, 5.41) is 5.42. The van der Waals surface area contributed by atoms with Crippen LogP contribution in [0.5, 0.6) is 0 Å². The monoisotopic (exact) mass is 490 g/mol. The number of benzene rings is 1. The van der Waals surface area contributed by atoms with Crippen molar-refractivity contribution in [3.8, 4) is 11.3 Å². The molecule has 3 aromatic rings. The summed E-state index contributed by atoms with van der Waals surface area (Å²) in [6.45, 7) is 3.57. The summed E-state index contributed by atoms with van der Waals surface area (Å²) in [6, 6.07) is 7.31. The van der Waals surface area contributed by atoms with E-state index in [0.717, 1.165) is 41.4 Å². The Balaban J connectivity index is 1.44. The lowest BCUT2D eigenvalue weighted by Crippen LogP contribution is -2.46. The van der Waals surface area contributed by atoms with Gasteiger partial charge < -0.3 is 19.7 Å². The number of esters is 1. The number of imidazole rings is 1. The fraction of sp³-hybridized carbons (Fsp3) is 0.435. The van der Waals surface area contributed by atoms with Crippen LogP contribution in [0.2, 0.25) is 5.02 Å². The summed E-state index contributed by atoms with van der Waals surface area (Å²) >= 11 is 7.57. The zero-order chi connectivity index (χ0) is 23.2. The maximum absolute atomic E-state index is 12.8. The fourth-order valence-electron chi connectivity index (χ4n) is 3.80. The number of ether oxygens (including phenoxy) is 2. The highest BCUT2D eigenvalue weighted by Crippen LogP contribution is 2.25. The van der Waals surface area contributed by atoms with Crippen molar-refractivity contribution in [2.45, 2.75) is 32.3 Å². The summed E-state index contributed by atoms with van der Waals surface area (Å²) in [5.41, 5.74) is 2.95. The Hall–Kier alpha value is -2.62.